The summed E-state index contributed by atoms with van der Waals surface area (Å²) in [6.45, 7) is 16.4. The van der Waals surface area contributed by atoms with Gasteiger partial charge in [-0.3, -0.25) is 5.32 Å². The van der Waals surface area contributed by atoms with Crippen LogP contribution in [0.1, 0.15) is 80.5 Å². The second-order valence-electron chi connectivity index (χ2n) is 15.0. The van der Waals surface area contributed by atoms with Gasteiger partial charge in [0.15, 0.2) is 12.2 Å². The summed E-state index contributed by atoms with van der Waals surface area (Å²) < 4.78 is 26.3. The van der Waals surface area contributed by atoms with E-state index < -0.39 is 46.7 Å². The van der Waals surface area contributed by atoms with Gasteiger partial charge in [0.05, 0.1) is 18.1 Å². The number of thiazole rings is 1. The summed E-state index contributed by atoms with van der Waals surface area (Å²) in [5.74, 6) is -1.89. The fraction of sp³-hybridized carbons (Fsp3) is 0.559. The smallest absolute Gasteiger partial charge is 0.413 e. The van der Waals surface area contributed by atoms with Crippen LogP contribution in [0.25, 0.3) is 10.9 Å². The van der Waals surface area contributed by atoms with Crippen LogP contribution in [-0.2, 0) is 35.7 Å². The molecule has 3 heterocycles. The molecule has 1 aromatic carbocycles. The highest BCUT2D eigenvalue weighted by molar-refractivity contribution is 7.14. The molecule has 2 N–H and O–H groups in total. The average Bonchev–Trinajstić information content (AvgIpc) is 3.71. The van der Waals surface area contributed by atoms with Crippen molar-refractivity contribution < 1.29 is 52.8 Å². The van der Waals surface area contributed by atoms with Crippen LogP contribution in [0.3, 0.4) is 0 Å². The van der Waals surface area contributed by atoms with Crippen molar-refractivity contribution in [3.05, 3.63) is 35.5 Å². The van der Waals surface area contributed by atoms with Crippen molar-refractivity contribution in [3.8, 4) is 5.75 Å². The molecule has 16 nitrogen and oxygen atoms in total. The average molecular weight is 732 g/mol. The maximum atomic E-state index is 13.1. The maximum absolute atomic E-state index is 13.1. The van der Waals surface area contributed by atoms with Crippen LogP contribution in [0.2, 0.25) is 0 Å². The number of nitrogens with one attached hydrogen (secondary N) is 1. The first-order valence-electron chi connectivity index (χ1n) is 16.4. The maximum Gasteiger partial charge on any atom is 0.413 e. The number of oxime groups is 1. The number of carbonyl (C=O) groups is 4. The molecular formula is C34H47N6O10S+. The van der Waals surface area contributed by atoms with Crippen LogP contribution in [0, 0.1) is 0 Å². The number of carboxylic acids is 1. The van der Waals surface area contributed by atoms with Gasteiger partial charge in [0.1, 0.15) is 40.9 Å². The summed E-state index contributed by atoms with van der Waals surface area (Å²) >= 11 is 0.955. The van der Waals surface area contributed by atoms with E-state index in [4.69, 9.17) is 23.8 Å². The minimum Gasteiger partial charge on any atom is -0.489 e. The first-order chi connectivity index (χ1) is 23.6. The van der Waals surface area contributed by atoms with E-state index in [1.165, 1.54) is 5.38 Å². The molecule has 1 aliphatic rings. The highest BCUT2D eigenvalue weighted by atomic mass is 32.1. The molecule has 1 unspecified atom stereocenters. The molecular weight excluding hydrogens is 684 g/mol. The van der Waals surface area contributed by atoms with E-state index in [0.29, 0.717) is 18.8 Å². The predicted molar refractivity (Wildman–Crippen MR) is 187 cm³/mol. The van der Waals surface area contributed by atoms with E-state index in [-0.39, 0.29) is 29.6 Å². The van der Waals surface area contributed by atoms with Crippen molar-refractivity contribution in [2.45, 2.75) is 97.7 Å². The van der Waals surface area contributed by atoms with Crippen LogP contribution in [-0.4, -0.2) is 92.1 Å². The minimum absolute atomic E-state index is 0.0346. The first-order valence-corrected chi connectivity index (χ1v) is 17.2. The summed E-state index contributed by atoms with van der Waals surface area (Å²) in [6.07, 6.45) is 0.172. The lowest BCUT2D eigenvalue weighted by Crippen LogP contribution is -2.42. The molecule has 3 aromatic rings. The second-order valence-corrected chi connectivity index (χ2v) is 15.8. The lowest BCUT2D eigenvalue weighted by molar-refractivity contribution is -0.733. The van der Waals surface area contributed by atoms with Crippen molar-refractivity contribution >= 4 is 57.2 Å². The molecule has 0 spiro atoms. The zero-order valence-electron chi connectivity index (χ0n) is 30.6. The topological polar surface area (TPSA) is 184 Å². The van der Waals surface area contributed by atoms with E-state index in [2.05, 4.69) is 20.1 Å². The molecule has 4 rings (SSSR count). The Hall–Kier alpha value is -4.93. The molecule has 0 aliphatic carbocycles. The van der Waals surface area contributed by atoms with Gasteiger partial charge in [-0.15, -0.1) is 16.0 Å². The van der Waals surface area contributed by atoms with Gasteiger partial charge >= 0.3 is 24.1 Å². The Labute approximate surface area is 300 Å². The Morgan fingerprint density at radius 1 is 1.04 bits per heavy atom. The highest BCUT2D eigenvalue weighted by Crippen LogP contribution is 2.26. The van der Waals surface area contributed by atoms with Gasteiger partial charge in [0.2, 0.25) is 11.2 Å². The number of fused-ring (bicyclic) bond motifs is 1. The van der Waals surface area contributed by atoms with E-state index in [9.17, 15) is 24.3 Å². The van der Waals surface area contributed by atoms with Crippen molar-refractivity contribution in [1.82, 2.24) is 14.6 Å². The van der Waals surface area contributed by atoms with Crippen LogP contribution in [0.15, 0.2) is 34.9 Å². The molecule has 1 aliphatic heterocycles. The van der Waals surface area contributed by atoms with Crippen LogP contribution >= 0.6 is 11.3 Å². The summed E-state index contributed by atoms with van der Waals surface area (Å²) in [5, 5.41) is 18.4. The highest BCUT2D eigenvalue weighted by Gasteiger charge is 2.34. The number of rotatable bonds is 10. The van der Waals surface area contributed by atoms with Crippen LogP contribution in [0.4, 0.5) is 14.7 Å². The van der Waals surface area contributed by atoms with Crippen LogP contribution in [0.5, 0.6) is 5.75 Å². The van der Waals surface area contributed by atoms with Gasteiger partial charge in [0, 0.05) is 18.0 Å². The fourth-order valence-corrected chi connectivity index (χ4v) is 5.68. The zero-order valence-corrected chi connectivity index (χ0v) is 31.5. The summed E-state index contributed by atoms with van der Waals surface area (Å²) in [7, 11) is 1.93. The Balaban J connectivity index is 1.49. The lowest BCUT2D eigenvalue weighted by atomic mass is 10.2. The number of amides is 2. The quantitative estimate of drug-likeness (QED) is 0.0936. The van der Waals surface area contributed by atoms with Gasteiger partial charge < -0.3 is 33.8 Å². The fourth-order valence-electron chi connectivity index (χ4n) is 5.00. The van der Waals surface area contributed by atoms with Crippen molar-refractivity contribution in [1.29, 1.82) is 0 Å². The van der Waals surface area contributed by atoms with Crippen molar-refractivity contribution in [2.24, 2.45) is 12.2 Å². The number of carboxylic acid groups (broad SMARTS) is 1. The van der Waals surface area contributed by atoms with Gasteiger partial charge in [0.25, 0.3) is 6.10 Å². The van der Waals surface area contributed by atoms with Gasteiger partial charge in [-0.05, 0) is 80.9 Å². The number of hydrogen-bond donors (Lipinski definition) is 2. The number of aryl methyl sites for hydroxylation is 1. The third-order valence-corrected chi connectivity index (χ3v) is 7.81. The number of carbonyl (C=O) groups excluding carboxylic acids is 3. The minimum atomic E-state index is -1.48. The Kier molecular flexibility index (Phi) is 11.5. The number of hydrogen-bond acceptors (Lipinski definition) is 12. The third kappa shape index (κ3) is 11.0. The Morgan fingerprint density at radius 3 is 2.33 bits per heavy atom. The molecule has 278 valence electrons. The SMILES string of the molecule is C[n+]1c2ccc(OCC(O/N=C(\C(=O)O)c3csc(NC(=O)OC(C)(C)C)n3)C(=O)OC(C)(C)C)cc2cn1[C@@H]1CCN(C(=O)OC(C)(C)C)C1. The number of esters is 1. The van der Waals surface area contributed by atoms with E-state index in [1.54, 1.807) is 58.6 Å². The molecule has 2 amide bonds. The number of ether oxygens (including phenoxy) is 4. The normalized spacial score (nSPS) is 16.1. The number of benzene rings is 1. The molecule has 1 saturated heterocycles. The monoisotopic (exact) mass is 731 g/mol. The zero-order chi connectivity index (χ0) is 37.9. The standard InChI is InChI=1S/C34H46N6O10S/c1-32(2,3)47-28(43)25(50-37-26(27(41)42)23-19-51-29(35-23)36-30(44)48-33(4,5)6)18-46-22-11-12-24-20(15-22)16-40(38(24)10)21-13-14-39(17-21)31(45)49-34(7,8)9/h11-12,15-16,19,21,25H,13-14,17-18H2,1-10H3,(H-,35,36,41,42,44)/p+1/b37-26-/t21-,25?/m1/s1. The molecule has 51 heavy (non-hydrogen) atoms. The molecule has 0 radical (unpaired) electrons. The molecule has 1 fully saturated rings. The van der Waals surface area contributed by atoms with E-state index >= 15 is 0 Å². The van der Waals surface area contributed by atoms with E-state index in [1.807, 2.05) is 44.8 Å². The Morgan fingerprint density at radius 2 is 1.71 bits per heavy atom. The van der Waals surface area contributed by atoms with E-state index in [0.717, 1.165) is 28.7 Å². The van der Waals surface area contributed by atoms with Crippen molar-refractivity contribution in [2.75, 3.05) is 25.0 Å². The molecule has 2 atom stereocenters. The Bertz CT molecular complexity index is 1800. The second kappa shape index (κ2) is 15.1. The number of anilines is 1. The number of aromatic nitrogens is 3. The third-order valence-electron chi connectivity index (χ3n) is 7.05. The first kappa shape index (κ1) is 38.9. The largest absolute Gasteiger partial charge is 0.489 e. The number of aliphatic carboxylic acids is 1. The number of nitrogens with zero attached hydrogens (tertiary/aromatic N) is 5. The lowest BCUT2D eigenvalue weighted by Gasteiger charge is -2.24. The summed E-state index contributed by atoms with van der Waals surface area (Å²) in [4.78, 5) is 61.3. The molecule has 17 heteroatoms. The summed E-state index contributed by atoms with van der Waals surface area (Å²) in [5.41, 5.74) is -2.01. The van der Waals surface area contributed by atoms with Gasteiger partial charge in [-0.2, -0.15) is 4.68 Å². The van der Waals surface area contributed by atoms with Crippen molar-refractivity contribution in [3.63, 3.8) is 0 Å². The number of likely N-dealkylation sites (tertiary alicyclic amines) is 1. The van der Waals surface area contributed by atoms with Crippen LogP contribution < -0.4 is 14.7 Å². The molecule has 0 saturated carbocycles. The van der Waals surface area contributed by atoms with Gasteiger partial charge in [-0.25, -0.2) is 24.2 Å². The molecule has 0 bridgehead atoms. The summed E-state index contributed by atoms with van der Waals surface area (Å²) in [6, 6.07) is 5.45. The molecule has 2 aromatic heterocycles. The predicted octanol–water partition coefficient (Wildman–Crippen LogP) is 5.05. The van der Waals surface area contributed by atoms with Gasteiger partial charge in [-0.1, -0.05) is 5.16 Å².